The van der Waals surface area contributed by atoms with Crippen molar-refractivity contribution in [2.45, 2.75) is 18.8 Å². The number of hydrogen-bond donors (Lipinski definition) is 3. The van der Waals surface area contributed by atoms with Gasteiger partial charge in [0.15, 0.2) is 0 Å². The van der Waals surface area contributed by atoms with Crippen LogP contribution >= 0.6 is 11.6 Å². The number of H-pyrrole nitrogens is 1. The first kappa shape index (κ1) is 18.7. The van der Waals surface area contributed by atoms with Crippen LogP contribution in [0.2, 0.25) is 5.02 Å². The molecule has 0 aliphatic heterocycles. The Morgan fingerprint density at radius 1 is 1.23 bits per heavy atom. The maximum absolute atomic E-state index is 11.6. The normalized spacial score (nSPS) is 14.3. The van der Waals surface area contributed by atoms with Crippen LogP contribution in [-0.2, 0) is 15.4 Å². The predicted molar refractivity (Wildman–Crippen MR) is 104 cm³/mol. The summed E-state index contributed by atoms with van der Waals surface area (Å²) in [6.45, 7) is 1.85. The lowest BCUT2D eigenvalue weighted by atomic mass is 9.75. The lowest BCUT2D eigenvalue weighted by Crippen LogP contribution is -2.32. The number of aromatic nitrogens is 2. The number of nitrogens with one attached hydrogen (secondary N) is 2. The third-order valence-corrected chi connectivity index (χ3v) is 5.47. The standard InChI is InChI=1S/C18H20ClN3O3S/c1-3-18(11-23,12-7-9-13(19)10-8-12)17-14-5-4-6-15(16(14)20-21-17)22-26(2,24)25/h4-10,22-23H,3,11H2,1-2H3,(H,20,21). The van der Waals surface area contributed by atoms with Crippen molar-refractivity contribution >= 4 is 38.2 Å². The van der Waals surface area contributed by atoms with E-state index >= 15 is 0 Å². The van der Waals surface area contributed by atoms with E-state index in [1.807, 2.05) is 25.1 Å². The molecule has 0 amide bonds. The number of halogens is 1. The molecule has 0 saturated carbocycles. The second-order valence-electron chi connectivity index (χ2n) is 6.28. The highest BCUT2D eigenvalue weighted by atomic mass is 35.5. The van der Waals surface area contributed by atoms with Gasteiger partial charge in [0.2, 0.25) is 10.0 Å². The van der Waals surface area contributed by atoms with Gasteiger partial charge in [-0.1, -0.05) is 42.8 Å². The van der Waals surface area contributed by atoms with E-state index < -0.39 is 15.4 Å². The monoisotopic (exact) mass is 393 g/mol. The number of benzene rings is 2. The fourth-order valence-corrected chi connectivity index (χ4v) is 3.95. The molecule has 0 aliphatic rings. The van der Waals surface area contributed by atoms with E-state index in [2.05, 4.69) is 14.9 Å². The van der Waals surface area contributed by atoms with Gasteiger partial charge in [-0.05, 0) is 30.2 Å². The first-order valence-corrected chi connectivity index (χ1v) is 10.4. The average Bonchev–Trinajstić information content (AvgIpc) is 3.03. The number of para-hydroxylation sites is 1. The Morgan fingerprint density at radius 3 is 2.50 bits per heavy atom. The number of aliphatic hydroxyl groups excluding tert-OH is 1. The molecule has 3 rings (SSSR count). The van der Waals surface area contributed by atoms with Crippen LogP contribution in [0.1, 0.15) is 24.6 Å². The van der Waals surface area contributed by atoms with Crippen molar-refractivity contribution < 1.29 is 13.5 Å². The van der Waals surface area contributed by atoms with Crippen LogP contribution in [0.3, 0.4) is 0 Å². The molecule has 0 spiro atoms. The third-order valence-electron chi connectivity index (χ3n) is 4.63. The molecule has 1 unspecified atom stereocenters. The summed E-state index contributed by atoms with van der Waals surface area (Å²) in [5.41, 5.74) is 1.83. The van der Waals surface area contributed by atoms with Crippen molar-refractivity contribution in [1.82, 2.24) is 10.2 Å². The molecule has 6 nitrogen and oxygen atoms in total. The van der Waals surface area contributed by atoms with E-state index in [0.29, 0.717) is 22.6 Å². The molecule has 3 aromatic rings. The van der Waals surface area contributed by atoms with Crippen molar-refractivity contribution in [3.8, 4) is 0 Å². The zero-order valence-corrected chi connectivity index (χ0v) is 16.0. The van der Waals surface area contributed by atoms with Crippen LogP contribution < -0.4 is 4.72 Å². The van der Waals surface area contributed by atoms with Gasteiger partial charge in [-0.2, -0.15) is 5.10 Å². The minimum absolute atomic E-state index is 0.133. The Bertz CT molecular complexity index is 1030. The molecule has 0 bridgehead atoms. The number of fused-ring (bicyclic) bond motifs is 1. The SMILES string of the molecule is CCC(CO)(c1ccc(Cl)cc1)c1[nH]nc2c(NS(C)(=O)=O)cccc12. The summed E-state index contributed by atoms with van der Waals surface area (Å²) in [5.74, 6) is 0. The molecule has 1 heterocycles. The highest BCUT2D eigenvalue weighted by molar-refractivity contribution is 7.92. The second-order valence-corrected chi connectivity index (χ2v) is 8.46. The summed E-state index contributed by atoms with van der Waals surface area (Å²) in [4.78, 5) is 0. The van der Waals surface area contributed by atoms with E-state index in [1.54, 1.807) is 24.3 Å². The van der Waals surface area contributed by atoms with Crippen molar-refractivity contribution in [1.29, 1.82) is 0 Å². The molecule has 0 aliphatic carbocycles. The van der Waals surface area contributed by atoms with E-state index in [0.717, 1.165) is 22.9 Å². The van der Waals surface area contributed by atoms with Gasteiger partial charge in [-0.3, -0.25) is 9.82 Å². The molecule has 138 valence electrons. The largest absolute Gasteiger partial charge is 0.395 e. The number of anilines is 1. The topological polar surface area (TPSA) is 95.1 Å². The maximum atomic E-state index is 11.6. The predicted octanol–water partition coefficient (Wildman–Crippen LogP) is 3.28. The quantitative estimate of drug-likeness (QED) is 0.598. The average molecular weight is 394 g/mol. The molecule has 0 saturated heterocycles. The Kier molecular flexibility index (Phi) is 4.96. The molecule has 0 fully saturated rings. The van der Waals surface area contributed by atoms with E-state index in [4.69, 9.17) is 11.6 Å². The van der Waals surface area contributed by atoms with Gasteiger partial charge in [0, 0.05) is 10.4 Å². The number of hydrogen-bond acceptors (Lipinski definition) is 4. The summed E-state index contributed by atoms with van der Waals surface area (Å²) in [5, 5.41) is 19.0. The maximum Gasteiger partial charge on any atom is 0.229 e. The van der Waals surface area contributed by atoms with E-state index in [9.17, 15) is 13.5 Å². The molecule has 3 N–H and O–H groups in total. The van der Waals surface area contributed by atoms with Crippen LogP contribution in [0.25, 0.3) is 10.9 Å². The summed E-state index contributed by atoms with van der Waals surface area (Å²) >= 11 is 6.00. The van der Waals surface area contributed by atoms with Crippen LogP contribution in [0.4, 0.5) is 5.69 Å². The fourth-order valence-electron chi connectivity index (χ4n) is 3.26. The van der Waals surface area contributed by atoms with Gasteiger partial charge in [0.05, 0.1) is 29.7 Å². The van der Waals surface area contributed by atoms with Crippen LogP contribution in [0.15, 0.2) is 42.5 Å². The summed E-state index contributed by atoms with van der Waals surface area (Å²) in [7, 11) is -3.43. The van der Waals surface area contributed by atoms with Gasteiger partial charge < -0.3 is 5.11 Å². The summed E-state index contributed by atoms with van der Waals surface area (Å²) < 4.78 is 25.7. The van der Waals surface area contributed by atoms with Crippen molar-refractivity contribution in [2.24, 2.45) is 0 Å². The fraction of sp³-hybridized carbons (Fsp3) is 0.278. The lowest BCUT2D eigenvalue weighted by Gasteiger charge is -2.30. The number of rotatable bonds is 6. The van der Waals surface area contributed by atoms with Crippen LogP contribution in [0.5, 0.6) is 0 Å². The molecule has 8 heteroatoms. The van der Waals surface area contributed by atoms with Gasteiger partial charge >= 0.3 is 0 Å². The third kappa shape index (κ3) is 3.30. The zero-order valence-electron chi connectivity index (χ0n) is 14.5. The highest BCUT2D eigenvalue weighted by Crippen LogP contribution is 2.39. The molecule has 2 aromatic carbocycles. The van der Waals surface area contributed by atoms with Crippen molar-refractivity contribution in [2.75, 3.05) is 17.6 Å². The first-order chi connectivity index (χ1) is 12.3. The van der Waals surface area contributed by atoms with Gasteiger partial charge in [0.25, 0.3) is 0 Å². The number of sulfonamides is 1. The number of aromatic amines is 1. The zero-order chi connectivity index (χ0) is 18.9. The highest BCUT2D eigenvalue weighted by Gasteiger charge is 2.35. The van der Waals surface area contributed by atoms with E-state index in [-0.39, 0.29) is 6.61 Å². The molecular formula is C18H20ClN3O3S. The van der Waals surface area contributed by atoms with Crippen LogP contribution in [-0.4, -0.2) is 36.6 Å². The minimum atomic E-state index is -3.43. The van der Waals surface area contributed by atoms with Gasteiger partial charge in [0.1, 0.15) is 5.52 Å². The molecular weight excluding hydrogens is 374 g/mol. The molecule has 0 radical (unpaired) electrons. The Morgan fingerprint density at radius 2 is 1.92 bits per heavy atom. The molecule has 26 heavy (non-hydrogen) atoms. The number of nitrogens with zero attached hydrogens (tertiary/aromatic N) is 1. The molecule has 1 aromatic heterocycles. The molecule has 1 atom stereocenters. The Hall–Kier alpha value is -2.09. The van der Waals surface area contributed by atoms with Crippen molar-refractivity contribution in [3.05, 3.63) is 58.7 Å². The summed E-state index contributed by atoms with van der Waals surface area (Å²) in [6, 6.07) is 12.6. The summed E-state index contributed by atoms with van der Waals surface area (Å²) in [6.07, 6.45) is 1.71. The van der Waals surface area contributed by atoms with Gasteiger partial charge in [-0.15, -0.1) is 0 Å². The minimum Gasteiger partial charge on any atom is -0.395 e. The Balaban J connectivity index is 2.22. The first-order valence-electron chi connectivity index (χ1n) is 8.13. The van der Waals surface area contributed by atoms with Crippen molar-refractivity contribution in [3.63, 3.8) is 0 Å². The van der Waals surface area contributed by atoms with Gasteiger partial charge in [-0.25, -0.2) is 8.42 Å². The Labute approximate surface area is 157 Å². The number of aliphatic hydroxyl groups is 1. The smallest absolute Gasteiger partial charge is 0.229 e. The lowest BCUT2D eigenvalue weighted by molar-refractivity contribution is 0.213. The van der Waals surface area contributed by atoms with E-state index in [1.165, 1.54) is 0 Å². The second kappa shape index (κ2) is 6.90. The van der Waals surface area contributed by atoms with Crippen LogP contribution in [0, 0.1) is 0 Å².